The molecule has 0 bridgehead atoms. The zero-order valence-electron chi connectivity index (χ0n) is 11.0. The van der Waals surface area contributed by atoms with Gasteiger partial charge in [-0.1, -0.05) is 60.7 Å². The average molecular weight is 255 g/mol. The Labute approximate surface area is 114 Å². The summed E-state index contributed by atoms with van der Waals surface area (Å²) in [5.41, 5.74) is 13.9. The molecule has 0 radical (unpaired) electrons. The largest absolute Gasteiger partial charge is 0.304 e. The van der Waals surface area contributed by atoms with Crippen LogP contribution in [0.15, 0.2) is 60.7 Å². The van der Waals surface area contributed by atoms with E-state index in [1.54, 1.807) is 0 Å². The van der Waals surface area contributed by atoms with Crippen molar-refractivity contribution in [2.24, 2.45) is 11.5 Å². The third-order valence-electron chi connectivity index (χ3n) is 3.08. The number of hydrogen-bond acceptors (Lipinski definition) is 3. The molecule has 0 aromatic heterocycles. The van der Waals surface area contributed by atoms with Crippen LogP contribution >= 0.6 is 0 Å². The maximum atomic E-state index is 5.67. The maximum absolute atomic E-state index is 5.67. The highest BCUT2D eigenvalue weighted by Crippen LogP contribution is 2.09. The van der Waals surface area contributed by atoms with Crippen LogP contribution in [-0.2, 0) is 12.8 Å². The molecule has 3 heteroatoms. The van der Waals surface area contributed by atoms with E-state index in [0.717, 1.165) is 12.8 Å². The SMILES string of the molecule is NC(N)NC(Cc1ccccc1)Cc1ccccc1. The van der Waals surface area contributed by atoms with Crippen LogP contribution in [0.3, 0.4) is 0 Å². The first-order valence-electron chi connectivity index (χ1n) is 6.59. The van der Waals surface area contributed by atoms with Crippen LogP contribution in [0.1, 0.15) is 11.1 Å². The van der Waals surface area contributed by atoms with E-state index in [9.17, 15) is 0 Å². The fraction of sp³-hybridized carbons (Fsp3) is 0.250. The fourth-order valence-electron chi connectivity index (χ4n) is 2.26. The van der Waals surface area contributed by atoms with Gasteiger partial charge in [0.2, 0.25) is 0 Å². The topological polar surface area (TPSA) is 64.1 Å². The molecule has 0 fully saturated rings. The third-order valence-corrected chi connectivity index (χ3v) is 3.08. The van der Waals surface area contributed by atoms with Gasteiger partial charge in [0.1, 0.15) is 6.29 Å². The van der Waals surface area contributed by atoms with Gasteiger partial charge in [-0.25, -0.2) is 0 Å². The Balaban J connectivity index is 2.03. The summed E-state index contributed by atoms with van der Waals surface area (Å²) in [5.74, 6) is 0. The second-order valence-corrected chi connectivity index (χ2v) is 4.77. The zero-order valence-corrected chi connectivity index (χ0v) is 11.0. The van der Waals surface area contributed by atoms with Crippen LogP contribution in [0, 0.1) is 0 Å². The van der Waals surface area contributed by atoms with E-state index in [-0.39, 0.29) is 6.04 Å². The van der Waals surface area contributed by atoms with E-state index in [1.807, 2.05) is 12.1 Å². The van der Waals surface area contributed by atoms with E-state index in [4.69, 9.17) is 11.5 Å². The molecule has 2 rings (SSSR count). The number of benzene rings is 2. The number of nitrogens with two attached hydrogens (primary N) is 2. The van der Waals surface area contributed by atoms with Gasteiger partial charge in [-0.3, -0.25) is 5.32 Å². The fourth-order valence-corrected chi connectivity index (χ4v) is 2.26. The van der Waals surface area contributed by atoms with Gasteiger partial charge >= 0.3 is 0 Å². The molecular weight excluding hydrogens is 234 g/mol. The van der Waals surface area contributed by atoms with E-state index in [0.29, 0.717) is 0 Å². The molecule has 100 valence electrons. The molecule has 0 amide bonds. The highest BCUT2D eigenvalue weighted by Gasteiger charge is 2.11. The average Bonchev–Trinajstić information content (AvgIpc) is 2.40. The van der Waals surface area contributed by atoms with Gasteiger partial charge in [0.15, 0.2) is 0 Å². The first-order chi connectivity index (χ1) is 9.24. The van der Waals surface area contributed by atoms with Gasteiger partial charge in [-0.05, 0) is 24.0 Å². The number of hydrogen-bond donors (Lipinski definition) is 3. The summed E-state index contributed by atoms with van der Waals surface area (Å²) in [7, 11) is 0. The zero-order chi connectivity index (χ0) is 13.5. The summed E-state index contributed by atoms with van der Waals surface area (Å²) < 4.78 is 0. The minimum absolute atomic E-state index is 0.241. The summed E-state index contributed by atoms with van der Waals surface area (Å²) in [4.78, 5) is 0. The van der Waals surface area contributed by atoms with E-state index in [2.05, 4.69) is 53.8 Å². The summed E-state index contributed by atoms with van der Waals surface area (Å²) >= 11 is 0. The van der Waals surface area contributed by atoms with Gasteiger partial charge < -0.3 is 11.5 Å². The predicted octanol–water partition coefficient (Wildman–Crippen LogP) is 1.63. The minimum atomic E-state index is -0.488. The van der Waals surface area contributed by atoms with Crippen molar-refractivity contribution >= 4 is 0 Å². The first-order valence-corrected chi connectivity index (χ1v) is 6.59. The van der Waals surface area contributed by atoms with Crippen molar-refractivity contribution in [3.05, 3.63) is 71.8 Å². The summed E-state index contributed by atoms with van der Waals surface area (Å²) in [5, 5.41) is 3.23. The molecule has 0 saturated heterocycles. The third kappa shape index (κ3) is 4.83. The molecule has 0 heterocycles. The molecule has 0 saturated carbocycles. The standard InChI is InChI=1S/C16H21N3/c17-16(18)19-15(11-13-7-3-1-4-8-13)12-14-9-5-2-6-10-14/h1-10,15-16,19H,11-12,17-18H2. The number of rotatable bonds is 6. The van der Waals surface area contributed by atoms with Crippen LogP contribution in [0.2, 0.25) is 0 Å². The van der Waals surface area contributed by atoms with E-state index in [1.165, 1.54) is 11.1 Å². The van der Waals surface area contributed by atoms with Crippen molar-refractivity contribution in [1.29, 1.82) is 0 Å². The normalized spacial score (nSPS) is 11.2. The molecule has 0 aliphatic rings. The molecule has 19 heavy (non-hydrogen) atoms. The van der Waals surface area contributed by atoms with E-state index < -0.39 is 6.29 Å². The van der Waals surface area contributed by atoms with Crippen molar-refractivity contribution in [2.45, 2.75) is 25.2 Å². The molecule has 5 N–H and O–H groups in total. The predicted molar refractivity (Wildman–Crippen MR) is 79.4 cm³/mol. The van der Waals surface area contributed by atoms with Crippen LogP contribution < -0.4 is 16.8 Å². The highest BCUT2D eigenvalue weighted by atomic mass is 15.1. The lowest BCUT2D eigenvalue weighted by molar-refractivity contribution is 0.434. The van der Waals surface area contributed by atoms with Crippen molar-refractivity contribution in [1.82, 2.24) is 5.32 Å². The molecular formula is C16H21N3. The summed E-state index contributed by atoms with van der Waals surface area (Å²) in [6, 6.07) is 21.0. The Morgan fingerprint density at radius 2 is 1.16 bits per heavy atom. The molecule has 0 unspecified atom stereocenters. The second-order valence-electron chi connectivity index (χ2n) is 4.77. The van der Waals surface area contributed by atoms with Crippen LogP contribution in [0.25, 0.3) is 0 Å². The van der Waals surface area contributed by atoms with Gasteiger partial charge in [0.25, 0.3) is 0 Å². The molecule has 0 aliphatic carbocycles. The van der Waals surface area contributed by atoms with Crippen LogP contribution in [-0.4, -0.2) is 12.3 Å². The molecule has 2 aromatic rings. The summed E-state index contributed by atoms with van der Waals surface area (Å²) in [6.07, 6.45) is 1.35. The lowest BCUT2D eigenvalue weighted by Crippen LogP contribution is -2.51. The molecule has 0 aliphatic heterocycles. The molecule has 3 nitrogen and oxygen atoms in total. The molecule has 0 atom stereocenters. The Bertz CT molecular complexity index is 426. The second kappa shape index (κ2) is 7.04. The Hall–Kier alpha value is -1.68. The van der Waals surface area contributed by atoms with Crippen LogP contribution in [0.4, 0.5) is 0 Å². The van der Waals surface area contributed by atoms with Gasteiger partial charge in [0.05, 0.1) is 0 Å². The first kappa shape index (κ1) is 13.7. The highest BCUT2D eigenvalue weighted by molar-refractivity contribution is 5.19. The van der Waals surface area contributed by atoms with Crippen molar-refractivity contribution < 1.29 is 0 Å². The van der Waals surface area contributed by atoms with Crippen LogP contribution in [0.5, 0.6) is 0 Å². The maximum Gasteiger partial charge on any atom is 0.107 e. The number of nitrogens with one attached hydrogen (secondary N) is 1. The minimum Gasteiger partial charge on any atom is -0.304 e. The Morgan fingerprint density at radius 3 is 1.53 bits per heavy atom. The molecule has 2 aromatic carbocycles. The van der Waals surface area contributed by atoms with Gasteiger partial charge in [0, 0.05) is 6.04 Å². The monoisotopic (exact) mass is 255 g/mol. The van der Waals surface area contributed by atoms with E-state index >= 15 is 0 Å². The Kier molecular flexibility index (Phi) is 5.10. The lowest BCUT2D eigenvalue weighted by Gasteiger charge is -2.21. The quantitative estimate of drug-likeness (QED) is 0.687. The Morgan fingerprint density at radius 1 is 0.737 bits per heavy atom. The summed E-state index contributed by atoms with van der Waals surface area (Å²) in [6.45, 7) is 0. The van der Waals surface area contributed by atoms with Crippen molar-refractivity contribution in [3.63, 3.8) is 0 Å². The van der Waals surface area contributed by atoms with Gasteiger partial charge in [-0.2, -0.15) is 0 Å². The van der Waals surface area contributed by atoms with Crippen molar-refractivity contribution in [2.75, 3.05) is 0 Å². The smallest absolute Gasteiger partial charge is 0.107 e. The van der Waals surface area contributed by atoms with Crippen molar-refractivity contribution in [3.8, 4) is 0 Å². The van der Waals surface area contributed by atoms with Gasteiger partial charge in [-0.15, -0.1) is 0 Å². The lowest BCUT2D eigenvalue weighted by atomic mass is 9.99. The molecule has 0 spiro atoms.